The van der Waals surface area contributed by atoms with Crippen molar-refractivity contribution in [1.82, 2.24) is 4.90 Å². The summed E-state index contributed by atoms with van der Waals surface area (Å²) in [5.41, 5.74) is 5.23. The van der Waals surface area contributed by atoms with E-state index in [4.69, 9.17) is 15.6 Å². The standard InChI is InChI=1S/C11H18N2O4/c1-11(6-17-5-8(11)12)10(16)13-3-7(4-13)2-9(14)15/h7-8H,2-6,12H2,1H3,(H,14,15). The number of carbonyl (C=O) groups is 2. The summed E-state index contributed by atoms with van der Waals surface area (Å²) in [4.78, 5) is 24.4. The number of nitrogens with two attached hydrogens (primary N) is 1. The number of hydrogen-bond acceptors (Lipinski definition) is 4. The number of rotatable bonds is 3. The summed E-state index contributed by atoms with van der Waals surface area (Å²) in [6.45, 7) is 3.63. The molecule has 96 valence electrons. The molecule has 0 aromatic heterocycles. The van der Waals surface area contributed by atoms with Crippen LogP contribution < -0.4 is 5.73 Å². The van der Waals surface area contributed by atoms with Crippen LogP contribution in [0.2, 0.25) is 0 Å². The highest BCUT2D eigenvalue weighted by molar-refractivity contribution is 5.84. The Morgan fingerprint density at radius 3 is 2.65 bits per heavy atom. The third-order valence-electron chi connectivity index (χ3n) is 3.71. The van der Waals surface area contributed by atoms with Crippen molar-refractivity contribution in [2.45, 2.75) is 19.4 Å². The molecule has 0 saturated carbocycles. The van der Waals surface area contributed by atoms with Crippen molar-refractivity contribution in [2.75, 3.05) is 26.3 Å². The van der Waals surface area contributed by atoms with Gasteiger partial charge in [0.1, 0.15) is 0 Å². The number of aliphatic carboxylic acids is 1. The Morgan fingerprint density at radius 2 is 2.18 bits per heavy atom. The van der Waals surface area contributed by atoms with Gasteiger partial charge in [-0.2, -0.15) is 0 Å². The van der Waals surface area contributed by atoms with E-state index in [0.29, 0.717) is 26.3 Å². The highest BCUT2D eigenvalue weighted by Gasteiger charge is 2.48. The van der Waals surface area contributed by atoms with E-state index >= 15 is 0 Å². The maximum atomic E-state index is 12.2. The molecule has 0 spiro atoms. The number of hydrogen-bond donors (Lipinski definition) is 2. The second kappa shape index (κ2) is 4.27. The van der Waals surface area contributed by atoms with Gasteiger partial charge < -0.3 is 20.5 Å². The van der Waals surface area contributed by atoms with Crippen molar-refractivity contribution in [3.8, 4) is 0 Å². The van der Waals surface area contributed by atoms with Crippen LogP contribution in [0.5, 0.6) is 0 Å². The van der Waals surface area contributed by atoms with E-state index in [0.717, 1.165) is 0 Å². The Labute approximate surface area is 99.7 Å². The van der Waals surface area contributed by atoms with Crippen molar-refractivity contribution in [2.24, 2.45) is 17.1 Å². The lowest BCUT2D eigenvalue weighted by atomic mass is 9.82. The van der Waals surface area contributed by atoms with Gasteiger partial charge in [0.25, 0.3) is 0 Å². The van der Waals surface area contributed by atoms with Crippen LogP contribution in [0, 0.1) is 11.3 Å². The first-order chi connectivity index (χ1) is 7.93. The third-order valence-corrected chi connectivity index (χ3v) is 3.71. The topological polar surface area (TPSA) is 92.9 Å². The second-order valence-corrected chi connectivity index (χ2v) is 5.21. The minimum absolute atomic E-state index is 0.0101. The zero-order valence-electron chi connectivity index (χ0n) is 9.89. The van der Waals surface area contributed by atoms with Crippen LogP contribution in [0.3, 0.4) is 0 Å². The van der Waals surface area contributed by atoms with E-state index in [1.165, 1.54) is 0 Å². The van der Waals surface area contributed by atoms with Gasteiger partial charge in [0.05, 0.1) is 25.0 Å². The lowest BCUT2D eigenvalue weighted by Gasteiger charge is -2.43. The Balaban J connectivity index is 1.89. The predicted molar refractivity (Wildman–Crippen MR) is 59.2 cm³/mol. The number of ether oxygens (including phenoxy) is 1. The van der Waals surface area contributed by atoms with Crippen molar-refractivity contribution in [3.63, 3.8) is 0 Å². The van der Waals surface area contributed by atoms with Crippen LogP contribution >= 0.6 is 0 Å². The van der Waals surface area contributed by atoms with Crippen molar-refractivity contribution < 1.29 is 19.4 Å². The molecule has 2 aliphatic rings. The zero-order chi connectivity index (χ0) is 12.6. The molecule has 2 atom stereocenters. The Kier molecular flexibility index (Phi) is 3.09. The summed E-state index contributed by atoms with van der Waals surface area (Å²) in [7, 11) is 0. The van der Waals surface area contributed by atoms with Crippen LogP contribution in [0.25, 0.3) is 0 Å². The smallest absolute Gasteiger partial charge is 0.303 e. The molecule has 3 N–H and O–H groups in total. The van der Waals surface area contributed by atoms with Gasteiger partial charge in [-0.05, 0) is 6.92 Å². The molecule has 2 aliphatic heterocycles. The average Bonchev–Trinajstić information content (AvgIpc) is 2.52. The van der Waals surface area contributed by atoms with Crippen molar-refractivity contribution in [1.29, 1.82) is 0 Å². The number of nitrogens with zero attached hydrogens (tertiary/aromatic N) is 1. The van der Waals surface area contributed by atoms with E-state index < -0.39 is 11.4 Å². The summed E-state index contributed by atoms with van der Waals surface area (Å²) in [6, 6.07) is -0.270. The van der Waals surface area contributed by atoms with Crippen LogP contribution in [-0.4, -0.2) is 54.2 Å². The molecule has 0 aromatic rings. The number of likely N-dealkylation sites (tertiary alicyclic amines) is 1. The van der Waals surface area contributed by atoms with E-state index in [9.17, 15) is 9.59 Å². The molecule has 17 heavy (non-hydrogen) atoms. The van der Waals surface area contributed by atoms with Gasteiger partial charge in [0.15, 0.2) is 0 Å². The maximum absolute atomic E-state index is 12.2. The molecule has 6 nitrogen and oxygen atoms in total. The first kappa shape index (κ1) is 12.3. The summed E-state index contributed by atoms with van der Waals surface area (Å²) in [5, 5.41) is 8.63. The summed E-state index contributed by atoms with van der Waals surface area (Å²) in [5.74, 6) is -0.739. The van der Waals surface area contributed by atoms with Crippen LogP contribution in [0.15, 0.2) is 0 Å². The van der Waals surface area contributed by atoms with Crippen molar-refractivity contribution in [3.05, 3.63) is 0 Å². The number of amides is 1. The number of carboxylic acid groups (broad SMARTS) is 1. The number of carboxylic acids is 1. The van der Waals surface area contributed by atoms with Crippen LogP contribution in [0.4, 0.5) is 0 Å². The van der Waals surface area contributed by atoms with E-state index in [1.807, 2.05) is 6.92 Å². The lowest BCUT2D eigenvalue weighted by molar-refractivity contribution is -0.152. The quantitative estimate of drug-likeness (QED) is 0.681. The summed E-state index contributed by atoms with van der Waals surface area (Å²) >= 11 is 0. The summed E-state index contributed by atoms with van der Waals surface area (Å²) in [6.07, 6.45) is 0.128. The minimum Gasteiger partial charge on any atom is -0.481 e. The molecule has 0 aliphatic carbocycles. The molecule has 0 aromatic carbocycles. The van der Waals surface area contributed by atoms with Crippen LogP contribution in [0.1, 0.15) is 13.3 Å². The van der Waals surface area contributed by atoms with E-state index in [1.54, 1.807) is 4.90 Å². The molecule has 2 heterocycles. The molecule has 2 rings (SSSR count). The Bertz CT molecular complexity index is 340. The molecular weight excluding hydrogens is 224 g/mol. The molecule has 2 fully saturated rings. The molecular formula is C11H18N2O4. The first-order valence-electron chi connectivity index (χ1n) is 5.78. The molecule has 0 bridgehead atoms. The van der Waals surface area contributed by atoms with Crippen LogP contribution in [-0.2, 0) is 14.3 Å². The average molecular weight is 242 g/mol. The fourth-order valence-corrected chi connectivity index (χ4v) is 2.38. The zero-order valence-corrected chi connectivity index (χ0v) is 9.89. The van der Waals surface area contributed by atoms with Gasteiger partial charge >= 0.3 is 5.97 Å². The minimum atomic E-state index is -0.811. The van der Waals surface area contributed by atoms with Gasteiger partial charge in [-0.25, -0.2) is 0 Å². The second-order valence-electron chi connectivity index (χ2n) is 5.21. The van der Waals surface area contributed by atoms with E-state index in [-0.39, 0.29) is 24.3 Å². The van der Waals surface area contributed by atoms with E-state index in [2.05, 4.69) is 0 Å². The molecule has 2 saturated heterocycles. The first-order valence-corrected chi connectivity index (χ1v) is 5.78. The molecule has 2 unspecified atom stereocenters. The largest absolute Gasteiger partial charge is 0.481 e. The fourth-order valence-electron chi connectivity index (χ4n) is 2.38. The Morgan fingerprint density at radius 1 is 1.53 bits per heavy atom. The molecule has 6 heteroatoms. The summed E-state index contributed by atoms with van der Waals surface area (Å²) < 4.78 is 5.24. The lowest BCUT2D eigenvalue weighted by Crippen LogP contribution is -2.59. The molecule has 0 radical (unpaired) electrons. The van der Waals surface area contributed by atoms with Gasteiger partial charge in [-0.3, -0.25) is 9.59 Å². The monoisotopic (exact) mass is 242 g/mol. The highest BCUT2D eigenvalue weighted by Crippen LogP contribution is 2.32. The van der Waals surface area contributed by atoms with Gasteiger partial charge in [0, 0.05) is 25.0 Å². The Hall–Kier alpha value is -1.14. The normalized spacial score (nSPS) is 33.5. The highest BCUT2D eigenvalue weighted by atomic mass is 16.5. The van der Waals surface area contributed by atoms with Gasteiger partial charge in [-0.15, -0.1) is 0 Å². The number of carbonyl (C=O) groups excluding carboxylic acids is 1. The SMILES string of the molecule is CC1(C(=O)N2CC(CC(=O)O)C2)COCC1N. The van der Waals surface area contributed by atoms with Crippen molar-refractivity contribution >= 4 is 11.9 Å². The van der Waals surface area contributed by atoms with Gasteiger partial charge in [-0.1, -0.05) is 0 Å². The maximum Gasteiger partial charge on any atom is 0.303 e. The predicted octanol–water partition coefficient (Wildman–Crippen LogP) is -0.717. The molecule has 1 amide bonds. The van der Waals surface area contributed by atoms with Gasteiger partial charge in [0.2, 0.25) is 5.91 Å². The fraction of sp³-hybridized carbons (Fsp3) is 0.818. The third kappa shape index (κ3) is 2.14.